The Balaban J connectivity index is 1.32. The van der Waals surface area contributed by atoms with E-state index in [0.717, 1.165) is 36.7 Å². The fourth-order valence-electron chi connectivity index (χ4n) is 3.60. The molecule has 32 heavy (non-hydrogen) atoms. The second-order valence-corrected chi connectivity index (χ2v) is 7.49. The van der Waals surface area contributed by atoms with E-state index in [1.807, 2.05) is 29.2 Å². The van der Waals surface area contributed by atoms with Gasteiger partial charge in [0.1, 0.15) is 11.6 Å². The predicted molar refractivity (Wildman–Crippen MR) is 115 cm³/mol. The van der Waals surface area contributed by atoms with E-state index in [1.54, 1.807) is 12.3 Å². The number of carboxylic acids is 1. The fraction of sp³-hybridized carbons (Fsp3) is 0.261. The highest BCUT2D eigenvalue weighted by Gasteiger charge is 2.19. The summed E-state index contributed by atoms with van der Waals surface area (Å²) in [5.74, 6) is -0.128. The second kappa shape index (κ2) is 9.41. The molecule has 0 bridgehead atoms. The lowest BCUT2D eigenvalue weighted by molar-refractivity contribution is -0.112. The lowest BCUT2D eigenvalue weighted by Crippen LogP contribution is -2.43. The molecule has 2 heterocycles. The van der Waals surface area contributed by atoms with E-state index in [2.05, 4.69) is 10.2 Å². The van der Waals surface area contributed by atoms with Gasteiger partial charge >= 0.3 is 5.97 Å². The van der Waals surface area contributed by atoms with E-state index in [-0.39, 0.29) is 17.9 Å². The number of ether oxygens (including phenoxy) is 2. The monoisotopic (exact) mass is 434 g/mol. The minimum Gasteiger partial charge on any atom is -0.478 e. The van der Waals surface area contributed by atoms with E-state index in [9.17, 15) is 14.9 Å². The molecular formula is C23H22N4O5. The maximum Gasteiger partial charge on any atom is 0.335 e. The Morgan fingerprint density at radius 3 is 2.62 bits per heavy atom. The molecule has 9 nitrogen and oxygen atoms in total. The van der Waals surface area contributed by atoms with E-state index in [1.165, 1.54) is 18.2 Å². The van der Waals surface area contributed by atoms with Crippen LogP contribution < -0.4 is 14.8 Å². The molecule has 0 spiro atoms. The summed E-state index contributed by atoms with van der Waals surface area (Å²) < 4.78 is 10.8. The lowest BCUT2D eigenvalue weighted by Gasteiger charge is -2.34. The summed E-state index contributed by atoms with van der Waals surface area (Å²) in [5, 5.41) is 21.1. The summed E-state index contributed by atoms with van der Waals surface area (Å²) >= 11 is 0. The highest BCUT2D eigenvalue weighted by molar-refractivity contribution is 6.06. The van der Waals surface area contributed by atoms with Crippen molar-refractivity contribution in [3.63, 3.8) is 0 Å². The molecule has 1 saturated heterocycles. The number of piperazine rings is 1. The standard InChI is InChI=1S/C23H22N4O5/c24-12-18(22(28)25-19-3-1-2-17(11-19)23(29)30)14-27-8-6-26(7-9-27)13-16-4-5-20-21(10-16)32-15-31-20/h1-5,10-11,14H,6-9,13,15H2,(H,25,28)(H,29,30)/b18-14-. The van der Waals surface area contributed by atoms with Gasteiger partial charge in [-0.3, -0.25) is 9.69 Å². The zero-order valence-corrected chi connectivity index (χ0v) is 17.3. The zero-order chi connectivity index (χ0) is 22.5. The van der Waals surface area contributed by atoms with Crippen molar-refractivity contribution in [1.82, 2.24) is 9.80 Å². The number of hydrogen-bond donors (Lipinski definition) is 2. The molecular weight excluding hydrogens is 412 g/mol. The number of nitrogens with one attached hydrogen (secondary N) is 1. The smallest absolute Gasteiger partial charge is 0.335 e. The third kappa shape index (κ3) is 4.99. The number of rotatable bonds is 6. The van der Waals surface area contributed by atoms with E-state index >= 15 is 0 Å². The van der Waals surface area contributed by atoms with Gasteiger partial charge < -0.3 is 24.8 Å². The van der Waals surface area contributed by atoms with Crippen LogP contribution in [0, 0.1) is 11.3 Å². The Hall–Kier alpha value is -4.03. The van der Waals surface area contributed by atoms with Crippen LogP contribution in [0.15, 0.2) is 54.2 Å². The summed E-state index contributed by atoms with van der Waals surface area (Å²) in [4.78, 5) is 27.8. The van der Waals surface area contributed by atoms with Crippen molar-refractivity contribution in [3.8, 4) is 17.6 Å². The Labute approximate surface area is 185 Å². The number of carboxylic acid groups (broad SMARTS) is 1. The fourth-order valence-corrected chi connectivity index (χ4v) is 3.60. The van der Waals surface area contributed by atoms with E-state index in [4.69, 9.17) is 14.6 Å². The summed E-state index contributed by atoms with van der Waals surface area (Å²) in [6, 6.07) is 13.8. The Morgan fingerprint density at radius 2 is 1.88 bits per heavy atom. The molecule has 2 N–H and O–H groups in total. The van der Waals surface area contributed by atoms with Gasteiger partial charge in [-0.2, -0.15) is 5.26 Å². The quantitative estimate of drug-likeness (QED) is 0.526. The summed E-state index contributed by atoms with van der Waals surface area (Å²) in [6.45, 7) is 3.95. The number of carbonyl (C=O) groups excluding carboxylic acids is 1. The highest BCUT2D eigenvalue weighted by atomic mass is 16.7. The molecule has 2 aromatic rings. The maximum atomic E-state index is 12.5. The van der Waals surface area contributed by atoms with Crippen LogP contribution >= 0.6 is 0 Å². The normalized spacial score (nSPS) is 15.8. The van der Waals surface area contributed by atoms with Gasteiger partial charge in [0.2, 0.25) is 6.79 Å². The molecule has 0 atom stereocenters. The van der Waals surface area contributed by atoms with Crippen molar-refractivity contribution < 1.29 is 24.2 Å². The molecule has 0 radical (unpaired) electrons. The van der Waals surface area contributed by atoms with Crippen molar-refractivity contribution in [1.29, 1.82) is 5.26 Å². The van der Waals surface area contributed by atoms with Crippen LogP contribution in [-0.2, 0) is 11.3 Å². The first-order valence-electron chi connectivity index (χ1n) is 10.1. The minimum atomic E-state index is -1.09. The maximum absolute atomic E-state index is 12.5. The van der Waals surface area contributed by atoms with Crippen molar-refractivity contribution in [3.05, 3.63) is 65.4 Å². The van der Waals surface area contributed by atoms with Crippen molar-refractivity contribution in [2.45, 2.75) is 6.54 Å². The van der Waals surface area contributed by atoms with Crippen LogP contribution in [0.1, 0.15) is 15.9 Å². The van der Waals surface area contributed by atoms with Crippen LogP contribution in [0.4, 0.5) is 5.69 Å². The van der Waals surface area contributed by atoms with Gasteiger partial charge in [0, 0.05) is 44.6 Å². The van der Waals surface area contributed by atoms with E-state index in [0.29, 0.717) is 18.8 Å². The van der Waals surface area contributed by atoms with Crippen LogP contribution in [0.25, 0.3) is 0 Å². The molecule has 1 fully saturated rings. The van der Waals surface area contributed by atoms with Gasteiger partial charge in [0.05, 0.1) is 5.56 Å². The van der Waals surface area contributed by atoms with Crippen LogP contribution in [0.2, 0.25) is 0 Å². The summed E-state index contributed by atoms with van der Waals surface area (Å²) in [7, 11) is 0. The number of anilines is 1. The Morgan fingerprint density at radius 1 is 1.09 bits per heavy atom. The highest BCUT2D eigenvalue weighted by Crippen LogP contribution is 2.32. The van der Waals surface area contributed by atoms with Crippen LogP contribution in [0.5, 0.6) is 11.5 Å². The van der Waals surface area contributed by atoms with Gasteiger partial charge in [-0.05, 0) is 35.9 Å². The molecule has 1 amide bonds. The van der Waals surface area contributed by atoms with Gasteiger partial charge in [-0.25, -0.2) is 4.79 Å². The number of aromatic carboxylic acids is 1. The number of amides is 1. The van der Waals surface area contributed by atoms with E-state index < -0.39 is 11.9 Å². The third-order valence-electron chi connectivity index (χ3n) is 5.29. The zero-order valence-electron chi connectivity index (χ0n) is 17.3. The predicted octanol–water partition coefficient (Wildman–Crippen LogP) is 2.28. The van der Waals surface area contributed by atoms with Gasteiger partial charge in [0.25, 0.3) is 5.91 Å². The first kappa shape index (κ1) is 21.2. The molecule has 0 unspecified atom stereocenters. The van der Waals surface area contributed by atoms with Crippen LogP contribution in [0.3, 0.4) is 0 Å². The summed E-state index contributed by atoms with van der Waals surface area (Å²) in [5.41, 5.74) is 1.49. The number of nitriles is 1. The largest absolute Gasteiger partial charge is 0.478 e. The lowest BCUT2D eigenvalue weighted by atomic mass is 10.1. The van der Waals surface area contributed by atoms with Crippen molar-refractivity contribution >= 4 is 17.6 Å². The average Bonchev–Trinajstić information content (AvgIpc) is 3.26. The number of benzene rings is 2. The molecule has 0 aromatic heterocycles. The average molecular weight is 434 g/mol. The Kier molecular flexibility index (Phi) is 6.24. The number of carbonyl (C=O) groups is 2. The molecule has 0 aliphatic carbocycles. The first-order valence-corrected chi connectivity index (χ1v) is 10.1. The molecule has 0 saturated carbocycles. The molecule has 9 heteroatoms. The van der Waals surface area contributed by atoms with Crippen molar-refractivity contribution in [2.24, 2.45) is 0 Å². The molecule has 4 rings (SSSR count). The minimum absolute atomic E-state index is 0.0325. The number of fused-ring (bicyclic) bond motifs is 1. The molecule has 2 aromatic carbocycles. The molecule has 164 valence electrons. The number of nitrogens with zero attached hydrogens (tertiary/aromatic N) is 3. The van der Waals surface area contributed by atoms with Gasteiger partial charge in [0.15, 0.2) is 11.5 Å². The molecule has 2 aliphatic rings. The van der Waals surface area contributed by atoms with Gasteiger partial charge in [-0.1, -0.05) is 12.1 Å². The van der Waals surface area contributed by atoms with Crippen LogP contribution in [-0.4, -0.2) is 59.8 Å². The van der Waals surface area contributed by atoms with Gasteiger partial charge in [-0.15, -0.1) is 0 Å². The molecule has 2 aliphatic heterocycles. The SMILES string of the molecule is N#C/C(=C/N1CCN(Cc2ccc3c(c2)OCO3)CC1)C(=O)Nc1cccc(C(=O)O)c1. The summed E-state index contributed by atoms with van der Waals surface area (Å²) in [6.07, 6.45) is 1.56. The third-order valence-corrected chi connectivity index (χ3v) is 5.29. The number of hydrogen-bond acceptors (Lipinski definition) is 7. The topological polar surface area (TPSA) is 115 Å². The second-order valence-electron chi connectivity index (χ2n) is 7.49. The van der Waals surface area contributed by atoms with Crippen molar-refractivity contribution in [2.75, 3.05) is 38.3 Å². The first-order chi connectivity index (χ1) is 15.5. The Bertz CT molecular complexity index is 1100.